The highest BCUT2D eigenvalue weighted by molar-refractivity contribution is 5.48. The highest BCUT2D eigenvalue weighted by atomic mass is 14.0. The molecule has 18 heavy (non-hydrogen) atoms. The third kappa shape index (κ3) is 4.58. The Morgan fingerprint density at radius 2 is 1.39 bits per heavy atom. The number of benzene rings is 2. The van der Waals surface area contributed by atoms with E-state index in [0.717, 1.165) is 0 Å². The summed E-state index contributed by atoms with van der Waals surface area (Å²) in [5, 5.41) is 0. The summed E-state index contributed by atoms with van der Waals surface area (Å²) in [4.78, 5) is 0. The van der Waals surface area contributed by atoms with Gasteiger partial charge in [0.15, 0.2) is 0 Å². The van der Waals surface area contributed by atoms with E-state index >= 15 is 0 Å². The van der Waals surface area contributed by atoms with Crippen molar-refractivity contribution < 1.29 is 0 Å². The highest BCUT2D eigenvalue weighted by Crippen LogP contribution is 2.08. The molecule has 0 aliphatic heterocycles. The van der Waals surface area contributed by atoms with E-state index in [1.807, 2.05) is 0 Å². The highest BCUT2D eigenvalue weighted by Gasteiger charge is 1.91. The molecular formula is C18H20. The third-order valence-corrected chi connectivity index (χ3v) is 3.04. The van der Waals surface area contributed by atoms with E-state index < -0.39 is 0 Å². The second kappa shape index (κ2) is 7.50. The third-order valence-electron chi connectivity index (χ3n) is 3.04. The van der Waals surface area contributed by atoms with Crippen LogP contribution in [0.25, 0.3) is 6.08 Å². The molecule has 0 saturated carbocycles. The quantitative estimate of drug-likeness (QED) is 0.611. The van der Waals surface area contributed by atoms with Crippen molar-refractivity contribution in [2.75, 3.05) is 0 Å². The number of allylic oxidation sites excluding steroid dienone is 1. The van der Waals surface area contributed by atoms with Crippen molar-refractivity contribution in [2.45, 2.75) is 25.7 Å². The lowest BCUT2D eigenvalue weighted by Gasteiger charge is -1.99. The van der Waals surface area contributed by atoms with Crippen molar-refractivity contribution in [3.63, 3.8) is 0 Å². The van der Waals surface area contributed by atoms with Crippen molar-refractivity contribution >= 4 is 6.08 Å². The number of unbranched alkanes of at least 4 members (excludes halogenated alkanes) is 2. The average Bonchev–Trinajstić information content (AvgIpc) is 2.45. The largest absolute Gasteiger partial charge is 0.0839 e. The molecule has 0 radical (unpaired) electrons. The molecule has 0 saturated heterocycles. The van der Waals surface area contributed by atoms with Gasteiger partial charge in [-0.1, -0.05) is 72.8 Å². The fraction of sp³-hybridized carbons (Fsp3) is 0.222. The van der Waals surface area contributed by atoms with Gasteiger partial charge in [-0.2, -0.15) is 0 Å². The molecule has 2 aromatic rings. The first-order valence-electron chi connectivity index (χ1n) is 6.71. The van der Waals surface area contributed by atoms with Gasteiger partial charge in [0.05, 0.1) is 0 Å². The molecule has 92 valence electrons. The van der Waals surface area contributed by atoms with Gasteiger partial charge < -0.3 is 0 Å². The molecule has 0 fully saturated rings. The summed E-state index contributed by atoms with van der Waals surface area (Å²) in [7, 11) is 0. The molecule has 0 bridgehead atoms. The topological polar surface area (TPSA) is 0 Å². The van der Waals surface area contributed by atoms with Crippen LogP contribution in [0, 0.1) is 0 Å². The van der Waals surface area contributed by atoms with Crippen LogP contribution in [0.1, 0.15) is 30.4 Å². The number of aryl methyl sites for hydroxylation is 1. The molecule has 0 unspecified atom stereocenters. The van der Waals surface area contributed by atoms with Crippen LogP contribution in [0.5, 0.6) is 0 Å². The number of rotatable bonds is 6. The van der Waals surface area contributed by atoms with Crippen LogP contribution < -0.4 is 0 Å². The molecule has 0 aliphatic carbocycles. The van der Waals surface area contributed by atoms with Gasteiger partial charge in [-0.25, -0.2) is 0 Å². The molecule has 0 amide bonds. The first-order chi connectivity index (χ1) is 8.95. The fourth-order valence-corrected chi connectivity index (χ4v) is 2.02. The van der Waals surface area contributed by atoms with Crippen molar-refractivity contribution in [1.82, 2.24) is 0 Å². The summed E-state index contributed by atoms with van der Waals surface area (Å²) < 4.78 is 0. The van der Waals surface area contributed by atoms with E-state index in [1.54, 1.807) is 0 Å². The Hall–Kier alpha value is -1.82. The van der Waals surface area contributed by atoms with Gasteiger partial charge in [0.2, 0.25) is 0 Å². The standard InChI is InChI=1S/C18H20/c1(5-11-17-13-7-3-8-14-17)2-6-12-18-15-9-4-10-16-18/h3-5,7-11,13-16H,1-2,6,12H2. The van der Waals surface area contributed by atoms with Crippen LogP contribution >= 0.6 is 0 Å². The summed E-state index contributed by atoms with van der Waals surface area (Å²) in [5.74, 6) is 0. The van der Waals surface area contributed by atoms with E-state index in [-0.39, 0.29) is 0 Å². The van der Waals surface area contributed by atoms with Gasteiger partial charge in [-0.3, -0.25) is 0 Å². The number of hydrogen-bond donors (Lipinski definition) is 0. The predicted octanol–water partition coefficient (Wildman–Crippen LogP) is 5.11. The Balaban J connectivity index is 1.63. The van der Waals surface area contributed by atoms with Gasteiger partial charge in [0.25, 0.3) is 0 Å². The molecule has 0 aliphatic rings. The Labute approximate surface area is 110 Å². The van der Waals surface area contributed by atoms with Crippen LogP contribution in [0.2, 0.25) is 0 Å². The van der Waals surface area contributed by atoms with E-state index in [4.69, 9.17) is 0 Å². The molecule has 2 aromatic carbocycles. The second-order valence-corrected chi connectivity index (χ2v) is 4.54. The van der Waals surface area contributed by atoms with E-state index in [9.17, 15) is 0 Å². The maximum atomic E-state index is 2.28. The molecule has 0 nitrogen and oxygen atoms in total. The summed E-state index contributed by atoms with van der Waals surface area (Å²) in [6, 6.07) is 21.2. The van der Waals surface area contributed by atoms with E-state index in [1.165, 1.54) is 36.8 Å². The Bertz CT molecular complexity index is 454. The zero-order valence-corrected chi connectivity index (χ0v) is 10.8. The molecular weight excluding hydrogens is 216 g/mol. The molecule has 0 N–H and O–H groups in total. The van der Waals surface area contributed by atoms with Gasteiger partial charge >= 0.3 is 0 Å². The van der Waals surface area contributed by atoms with Crippen molar-refractivity contribution in [3.05, 3.63) is 77.9 Å². The molecule has 2 rings (SSSR count). The first-order valence-corrected chi connectivity index (χ1v) is 6.71. The fourth-order valence-electron chi connectivity index (χ4n) is 2.02. The zero-order valence-electron chi connectivity index (χ0n) is 10.8. The minimum absolute atomic E-state index is 1.17. The molecule has 0 heterocycles. The lowest BCUT2D eigenvalue weighted by atomic mass is 10.1. The maximum absolute atomic E-state index is 2.28. The summed E-state index contributed by atoms with van der Waals surface area (Å²) in [6.45, 7) is 0. The van der Waals surface area contributed by atoms with Crippen LogP contribution in [0.4, 0.5) is 0 Å². The molecule has 0 spiro atoms. The first kappa shape index (κ1) is 12.6. The summed E-state index contributed by atoms with van der Waals surface area (Å²) in [5.41, 5.74) is 2.74. The minimum Gasteiger partial charge on any atom is -0.0839 e. The van der Waals surface area contributed by atoms with Gasteiger partial charge in [-0.15, -0.1) is 0 Å². The second-order valence-electron chi connectivity index (χ2n) is 4.54. The SMILES string of the molecule is C(=Cc1ccccc1)CCCCc1ccccc1. The van der Waals surface area contributed by atoms with E-state index in [0.29, 0.717) is 0 Å². The molecule has 0 aromatic heterocycles. The smallest absolute Gasteiger partial charge is 0.0260 e. The average molecular weight is 236 g/mol. The zero-order chi connectivity index (χ0) is 12.5. The van der Waals surface area contributed by atoms with E-state index in [2.05, 4.69) is 72.8 Å². The van der Waals surface area contributed by atoms with Crippen LogP contribution in [0.3, 0.4) is 0 Å². The molecule has 0 atom stereocenters. The molecule has 0 heteroatoms. The Kier molecular flexibility index (Phi) is 5.26. The van der Waals surface area contributed by atoms with Crippen LogP contribution in [-0.4, -0.2) is 0 Å². The van der Waals surface area contributed by atoms with Crippen LogP contribution in [0.15, 0.2) is 66.7 Å². The number of hydrogen-bond acceptors (Lipinski definition) is 0. The lowest BCUT2D eigenvalue weighted by molar-refractivity contribution is 0.749. The van der Waals surface area contributed by atoms with Gasteiger partial charge in [0.1, 0.15) is 0 Å². The van der Waals surface area contributed by atoms with Crippen molar-refractivity contribution in [1.29, 1.82) is 0 Å². The Morgan fingerprint density at radius 1 is 0.722 bits per heavy atom. The van der Waals surface area contributed by atoms with Gasteiger partial charge in [0, 0.05) is 0 Å². The van der Waals surface area contributed by atoms with Gasteiger partial charge in [-0.05, 0) is 36.8 Å². The minimum atomic E-state index is 1.17. The maximum Gasteiger partial charge on any atom is -0.0260 e. The van der Waals surface area contributed by atoms with Crippen LogP contribution in [-0.2, 0) is 6.42 Å². The Morgan fingerprint density at radius 3 is 2.11 bits per heavy atom. The normalized spacial score (nSPS) is 10.9. The van der Waals surface area contributed by atoms with Crippen molar-refractivity contribution in [2.24, 2.45) is 0 Å². The monoisotopic (exact) mass is 236 g/mol. The summed E-state index contributed by atoms with van der Waals surface area (Å²) in [6.07, 6.45) is 9.38. The summed E-state index contributed by atoms with van der Waals surface area (Å²) >= 11 is 0. The van der Waals surface area contributed by atoms with Crippen molar-refractivity contribution in [3.8, 4) is 0 Å². The lowest BCUT2D eigenvalue weighted by Crippen LogP contribution is -1.83. The predicted molar refractivity (Wildman–Crippen MR) is 79.5 cm³/mol.